The van der Waals surface area contributed by atoms with Gasteiger partial charge < -0.3 is 10.1 Å². The molecule has 1 fully saturated rings. The Morgan fingerprint density at radius 3 is 2.38 bits per heavy atom. The zero-order chi connectivity index (χ0) is 23.8. The molecule has 0 saturated carbocycles. The largest absolute Gasteiger partial charge is 0.491 e. The van der Waals surface area contributed by atoms with Crippen molar-refractivity contribution in [1.82, 2.24) is 14.5 Å². The number of methoxy groups -OCH3 is 1. The van der Waals surface area contributed by atoms with Crippen molar-refractivity contribution in [2.24, 2.45) is 0 Å². The first kappa shape index (κ1) is 22.5. The van der Waals surface area contributed by atoms with Crippen LogP contribution in [0.1, 0.15) is 24.4 Å². The Balaban J connectivity index is 1.72. The highest BCUT2D eigenvalue weighted by molar-refractivity contribution is 7.22. The van der Waals surface area contributed by atoms with Crippen molar-refractivity contribution in [2.75, 3.05) is 20.2 Å². The summed E-state index contributed by atoms with van der Waals surface area (Å²) >= 11 is 1.32. The van der Waals surface area contributed by atoms with Crippen LogP contribution < -0.4 is 21.3 Å². The minimum atomic E-state index is -0.844. The number of hydrogen-bond donors (Lipinski definition) is 1. The van der Waals surface area contributed by atoms with Crippen molar-refractivity contribution in [3.63, 3.8) is 0 Å². The highest BCUT2D eigenvalue weighted by atomic mass is 32.1. The van der Waals surface area contributed by atoms with Crippen LogP contribution in [0, 0.1) is 11.6 Å². The van der Waals surface area contributed by atoms with Gasteiger partial charge in [-0.3, -0.25) is 13.9 Å². The molecule has 5 rings (SSSR count). The lowest BCUT2D eigenvalue weighted by atomic mass is 10.1. The van der Waals surface area contributed by atoms with Gasteiger partial charge in [0.15, 0.2) is 17.4 Å². The summed E-state index contributed by atoms with van der Waals surface area (Å²) in [6.07, 6.45) is 1.31. The number of thiophene rings is 1. The number of halogens is 2. The van der Waals surface area contributed by atoms with E-state index in [0.717, 1.165) is 22.6 Å². The predicted molar refractivity (Wildman–Crippen MR) is 129 cm³/mol. The van der Waals surface area contributed by atoms with Crippen molar-refractivity contribution in [1.29, 1.82) is 0 Å². The van der Waals surface area contributed by atoms with Gasteiger partial charge in [0.25, 0.3) is 5.56 Å². The Labute approximate surface area is 198 Å². The molecule has 1 aliphatic rings. The molecule has 0 aliphatic carbocycles. The lowest BCUT2D eigenvalue weighted by molar-refractivity contribution is 0.346. The Hall–Kier alpha value is -3.30. The Kier molecular flexibility index (Phi) is 6.05. The van der Waals surface area contributed by atoms with E-state index in [-0.39, 0.29) is 23.7 Å². The molecule has 1 saturated heterocycles. The van der Waals surface area contributed by atoms with Crippen LogP contribution in [0.15, 0.2) is 58.1 Å². The second-order valence-electron chi connectivity index (χ2n) is 8.31. The lowest BCUT2D eigenvalue weighted by Gasteiger charge is -2.25. The molecule has 176 valence electrons. The van der Waals surface area contributed by atoms with Crippen molar-refractivity contribution >= 4 is 21.6 Å². The molecule has 0 amide bonds. The predicted octanol–water partition coefficient (Wildman–Crippen LogP) is 4.15. The molecule has 34 heavy (non-hydrogen) atoms. The van der Waals surface area contributed by atoms with Crippen LogP contribution in [0.25, 0.3) is 20.7 Å². The van der Waals surface area contributed by atoms with Crippen molar-refractivity contribution in [3.05, 3.63) is 86.6 Å². The summed E-state index contributed by atoms with van der Waals surface area (Å²) in [7, 11) is 1.20. The molecule has 6 nitrogen and oxygen atoms in total. The smallest absolute Gasteiger partial charge is 0.332 e. The van der Waals surface area contributed by atoms with Gasteiger partial charge in [-0.15, -0.1) is 11.3 Å². The molecule has 2 aromatic heterocycles. The molecular weight excluding hydrogens is 460 g/mol. The fourth-order valence-corrected chi connectivity index (χ4v) is 5.63. The van der Waals surface area contributed by atoms with Gasteiger partial charge in [0.05, 0.1) is 19.2 Å². The third-order valence-corrected chi connectivity index (χ3v) is 7.35. The number of benzene rings is 2. The molecule has 0 bridgehead atoms. The number of hydrogen-bond acceptors (Lipinski definition) is 5. The summed E-state index contributed by atoms with van der Waals surface area (Å²) in [4.78, 5) is 28.0. The fraction of sp³-hybridized carbons (Fsp3) is 0.280. The van der Waals surface area contributed by atoms with E-state index in [1.165, 1.54) is 27.6 Å². The fourth-order valence-electron chi connectivity index (χ4n) is 4.53. The van der Waals surface area contributed by atoms with E-state index in [1.54, 1.807) is 6.07 Å². The molecule has 0 radical (unpaired) electrons. The number of nitrogens with one attached hydrogen (secondary N) is 1. The topological polar surface area (TPSA) is 65.3 Å². The second kappa shape index (κ2) is 9.15. The second-order valence-corrected chi connectivity index (χ2v) is 9.36. The number of aromatic nitrogens is 2. The summed E-state index contributed by atoms with van der Waals surface area (Å²) in [5, 5.41) is 3.25. The van der Waals surface area contributed by atoms with E-state index in [4.69, 9.17) is 4.74 Å². The molecule has 4 aromatic rings. The molecule has 1 aliphatic heterocycles. The first-order chi connectivity index (χ1) is 16.5. The maximum Gasteiger partial charge on any atom is 0.332 e. The lowest BCUT2D eigenvalue weighted by Crippen LogP contribution is -2.45. The highest BCUT2D eigenvalue weighted by Crippen LogP contribution is 2.32. The molecule has 9 heteroatoms. The van der Waals surface area contributed by atoms with Gasteiger partial charge in [0, 0.05) is 10.9 Å². The third-order valence-electron chi connectivity index (χ3n) is 6.19. The number of nitrogens with zero attached hydrogens (tertiary/aromatic N) is 2. The van der Waals surface area contributed by atoms with Gasteiger partial charge in [-0.05, 0) is 55.3 Å². The van der Waals surface area contributed by atoms with Gasteiger partial charge in [0.1, 0.15) is 4.70 Å². The van der Waals surface area contributed by atoms with Gasteiger partial charge in [0.2, 0.25) is 0 Å². The molecule has 0 spiro atoms. The normalized spacial score (nSPS) is 14.6. The zero-order valence-corrected chi connectivity index (χ0v) is 19.3. The number of piperidine rings is 1. The Morgan fingerprint density at radius 2 is 1.74 bits per heavy atom. The molecule has 1 N–H and O–H groups in total. The molecule has 3 heterocycles. The van der Waals surface area contributed by atoms with E-state index in [1.807, 2.05) is 30.3 Å². The van der Waals surface area contributed by atoms with Crippen molar-refractivity contribution in [3.8, 4) is 16.2 Å². The van der Waals surface area contributed by atoms with Crippen LogP contribution in [0.2, 0.25) is 0 Å². The van der Waals surface area contributed by atoms with Crippen LogP contribution in [0.4, 0.5) is 8.78 Å². The third kappa shape index (κ3) is 3.95. The highest BCUT2D eigenvalue weighted by Gasteiger charge is 2.24. The van der Waals surface area contributed by atoms with Gasteiger partial charge in [-0.2, -0.15) is 0 Å². The molecular formula is C25H23F2N3O3S. The van der Waals surface area contributed by atoms with E-state index >= 15 is 0 Å². The van der Waals surface area contributed by atoms with E-state index < -0.39 is 23.1 Å². The quantitative estimate of drug-likeness (QED) is 0.463. The number of ether oxygens (including phenoxy) is 1. The van der Waals surface area contributed by atoms with Crippen LogP contribution in [-0.4, -0.2) is 29.3 Å². The zero-order valence-electron chi connectivity index (χ0n) is 18.5. The molecule has 0 unspecified atom stereocenters. The van der Waals surface area contributed by atoms with Crippen LogP contribution >= 0.6 is 11.3 Å². The number of fused-ring (bicyclic) bond motifs is 1. The average molecular weight is 484 g/mol. The van der Waals surface area contributed by atoms with Gasteiger partial charge >= 0.3 is 5.69 Å². The summed E-state index contributed by atoms with van der Waals surface area (Å²) in [5.74, 6) is -2.16. The van der Waals surface area contributed by atoms with Gasteiger partial charge in [-0.1, -0.05) is 30.3 Å². The summed E-state index contributed by atoms with van der Waals surface area (Å²) in [6, 6.07) is 13.5. The minimum Gasteiger partial charge on any atom is -0.491 e. The average Bonchev–Trinajstić information content (AvgIpc) is 3.29. The summed E-state index contributed by atoms with van der Waals surface area (Å²) in [6.45, 7) is 1.34. The maximum absolute atomic E-state index is 14.4. The summed E-state index contributed by atoms with van der Waals surface area (Å²) in [5.41, 5.74) is 0.862. The molecule has 0 atom stereocenters. The number of rotatable bonds is 5. The molecule has 2 aromatic carbocycles. The van der Waals surface area contributed by atoms with Crippen LogP contribution in [0.5, 0.6) is 5.75 Å². The monoisotopic (exact) mass is 483 g/mol. The van der Waals surface area contributed by atoms with Gasteiger partial charge in [-0.25, -0.2) is 13.6 Å². The first-order valence-electron chi connectivity index (χ1n) is 11.0. The minimum absolute atomic E-state index is 0.0800. The van der Waals surface area contributed by atoms with Crippen molar-refractivity contribution < 1.29 is 13.5 Å². The Morgan fingerprint density at radius 1 is 1.06 bits per heavy atom. The Bertz CT molecular complexity index is 1450. The SMILES string of the molecule is COc1c(F)cc(Cn2c(=O)n(C3CCNCC3)c(=O)c3sc(-c4ccccc4)cc32)cc1F. The van der Waals surface area contributed by atoms with E-state index in [0.29, 0.717) is 36.1 Å². The van der Waals surface area contributed by atoms with E-state index in [9.17, 15) is 18.4 Å². The van der Waals surface area contributed by atoms with Crippen LogP contribution in [-0.2, 0) is 6.54 Å². The standard InChI is InChI=1S/C25H23F2N3O3S/c1-33-22-18(26)11-15(12-19(22)27)14-29-20-13-21(16-5-3-2-4-6-16)34-23(20)24(31)30(25(29)32)17-7-9-28-10-8-17/h2-6,11-13,17,28H,7-10,14H2,1H3. The van der Waals surface area contributed by atoms with E-state index in [2.05, 4.69) is 5.32 Å². The maximum atomic E-state index is 14.4. The van der Waals surface area contributed by atoms with Crippen LogP contribution in [0.3, 0.4) is 0 Å². The van der Waals surface area contributed by atoms with Crippen molar-refractivity contribution in [2.45, 2.75) is 25.4 Å². The first-order valence-corrected chi connectivity index (χ1v) is 11.9. The summed E-state index contributed by atoms with van der Waals surface area (Å²) < 4.78 is 36.7.